The van der Waals surface area contributed by atoms with E-state index in [1.165, 1.54) is 22.3 Å². The van der Waals surface area contributed by atoms with Gasteiger partial charge in [0.25, 0.3) is 0 Å². The van der Waals surface area contributed by atoms with Gasteiger partial charge in [0, 0.05) is 24.9 Å². The normalized spacial score (nSPS) is 19.5. The number of alkyl carbamates (subject to hydrolysis) is 1. The third-order valence-electron chi connectivity index (χ3n) is 6.57. The first-order chi connectivity index (χ1) is 15.9. The molecule has 1 saturated carbocycles. The Morgan fingerprint density at radius 2 is 1.61 bits per heavy atom. The lowest BCUT2D eigenvalue weighted by atomic mass is 9.73. The van der Waals surface area contributed by atoms with Gasteiger partial charge in [-0.3, -0.25) is 9.59 Å². The van der Waals surface area contributed by atoms with Crippen LogP contribution < -0.4 is 10.6 Å². The predicted molar refractivity (Wildman–Crippen MR) is 124 cm³/mol. The van der Waals surface area contributed by atoms with Gasteiger partial charge < -0.3 is 20.5 Å². The highest BCUT2D eigenvalue weighted by Gasteiger charge is 2.32. The molecule has 7 nitrogen and oxygen atoms in total. The summed E-state index contributed by atoms with van der Waals surface area (Å²) in [6.45, 7) is 2.51. The molecule has 3 N–H and O–H groups in total. The first-order valence-corrected chi connectivity index (χ1v) is 11.5. The molecule has 0 heterocycles. The zero-order valence-electron chi connectivity index (χ0n) is 18.8. The number of amides is 2. The SMILES string of the molecule is C[C@@H](CC(=O)O)NC(=O)CC1CC(CNC(=O)OCC2c3ccccc3-c3ccccc32)C1. The van der Waals surface area contributed by atoms with E-state index in [-0.39, 0.29) is 30.2 Å². The molecule has 0 unspecified atom stereocenters. The summed E-state index contributed by atoms with van der Waals surface area (Å²) in [5.74, 6) is -0.392. The van der Waals surface area contributed by atoms with E-state index in [4.69, 9.17) is 9.84 Å². The molecular weight excluding hydrogens is 420 g/mol. The van der Waals surface area contributed by atoms with Crippen LogP contribution in [0.4, 0.5) is 4.79 Å². The molecule has 2 aliphatic rings. The van der Waals surface area contributed by atoms with Crippen molar-refractivity contribution < 1.29 is 24.2 Å². The van der Waals surface area contributed by atoms with Gasteiger partial charge in [0.05, 0.1) is 6.42 Å². The highest BCUT2D eigenvalue weighted by Crippen LogP contribution is 2.44. The number of hydrogen-bond donors (Lipinski definition) is 3. The molecule has 2 amide bonds. The lowest BCUT2D eigenvalue weighted by molar-refractivity contribution is -0.137. The van der Waals surface area contributed by atoms with E-state index in [1.54, 1.807) is 6.92 Å². The molecule has 1 atom stereocenters. The minimum absolute atomic E-state index is 0.0401. The third kappa shape index (κ3) is 5.53. The Morgan fingerprint density at radius 1 is 1.00 bits per heavy atom. The molecule has 0 saturated heterocycles. The summed E-state index contributed by atoms with van der Waals surface area (Å²) in [5, 5.41) is 14.3. The van der Waals surface area contributed by atoms with E-state index in [2.05, 4.69) is 34.9 Å². The van der Waals surface area contributed by atoms with Crippen molar-refractivity contribution in [2.24, 2.45) is 11.8 Å². The van der Waals surface area contributed by atoms with Crippen LogP contribution in [-0.4, -0.2) is 42.3 Å². The highest BCUT2D eigenvalue weighted by molar-refractivity contribution is 5.79. The topological polar surface area (TPSA) is 105 Å². The molecule has 4 rings (SSSR count). The number of rotatable bonds is 9. The fourth-order valence-electron chi connectivity index (χ4n) is 4.99. The van der Waals surface area contributed by atoms with Gasteiger partial charge in [0.1, 0.15) is 6.61 Å². The van der Waals surface area contributed by atoms with Crippen LogP contribution in [0.1, 0.15) is 49.7 Å². The summed E-state index contributed by atoms with van der Waals surface area (Å²) in [6, 6.07) is 16.1. The van der Waals surface area contributed by atoms with Gasteiger partial charge >= 0.3 is 12.1 Å². The van der Waals surface area contributed by atoms with Crippen LogP contribution in [0.25, 0.3) is 11.1 Å². The Kier molecular flexibility index (Phi) is 6.96. The number of carboxylic acids is 1. The number of carboxylic acid groups (broad SMARTS) is 1. The molecule has 2 aliphatic carbocycles. The van der Waals surface area contributed by atoms with E-state index in [9.17, 15) is 14.4 Å². The average molecular weight is 451 g/mol. The van der Waals surface area contributed by atoms with E-state index in [0.717, 1.165) is 12.8 Å². The number of aliphatic carboxylic acids is 1. The lowest BCUT2D eigenvalue weighted by Gasteiger charge is -2.35. The van der Waals surface area contributed by atoms with Crippen molar-refractivity contribution in [1.82, 2.24) is 10.6 Å². The maximum Gasteiger partial charge on any atom is 0.407 e. The zero-order chi connectivity index (χ0) is 23.4. The monoisotopic (exact) mass is 450 g/mol. The quantitative estimate of drug-likeness (QED) is 0.537. The van der Waals surface area contributed by atoms with E-state index >= 15 is 0 Å². The maximum absolute atomic E-state index is 12.3. The second-order valence-corrected chi connectivity index (χ2v) is 9.18. The van der Waals surface area contributed by atoms with Crippen molar-refractivity contribution >= 4 is 18.0 Å². The van der Waals surface area contributed by atoms with Crippen molar-refractivity contribution in [3.05, 3.63) is 59.7 Å². The minimum Gasteiger partial charge on any atom is -0.481 e. The molecule has 2 aromatic rings. The summed E-state index contributed by atoms with van der Waals surface area (Å²) in [4.78, 5) is 35.0. The van der Waals surface area contributed by atoms with E-state index in [1.807, 2.05) is 24.3 Å². The van der Waals surface area contributed by atoms with Crippen molar-refractivity contribution in [3.63, 3.8) is 0 Å². The summed E-state index contributed by atoms with van der Waals surface area (Å²) in [6.07, 6.45) is 1.63. The van der Waals surface area contributed by atoms with Gasteiger partial charge in [-0.2, -0.15) is 0 Å². The van der Waals surface area contributed by atoms with Crippen LogP contribution in [0.2, 0.25) is 0 Å². The number of carbonyl (C=O) groups is 3. The number of fused-ring (bicyclic) bond motifs is 3. The molecule has 0 spiro atoms. The number of nitrogens with one attached hydrogen (secondary N) is 2. The first kappa shape index (κ1) is 22.8. The van der Waals surface area contributed by atoms with Crippen LogP contribution in [0, 0.1) is 11.8 Å². The van der Waals surface area contributed by atoms with E-state index < -0.39 is 12.1 Å². The highest BCUT2D eigenvalue weighted by atomic mass is 16.5. The van der Waals surface area contributed by atoms with Crippen LogP contribution in [0.15, 0.2) is 48.5 Å². The molecule has 174 valence electrons. The molecule has 0 aromatic heterocycles. The number of benzene rings is 2. The summed E-state index contributed by atoms with van der Waals surface area (Å²) < 4.78 is 5.56. The first-order valence-electron chi connectivity index (χ1n) is 11.5. The molecular formula is C26H30N2O5. The van der Waals surface area contributed by atoms with Crippen LogP contribution in [-0.2, 0) is 14.3 Å². The summed E-state index contributed by atoms with van der Waals surface area (Å²) in [5.41, 5.74) is 4.77. The van der Waals surface area contributed by atoms with Gasteiger partial charge in [-0.25, -0.2) is 4.79 Å². The lowest BCUT2D eigenvalue weighted by Crippen LogP contribution is -2.40. The Labute approximate surface area is 193 Å². The molecule has 1 fully saturated rings. The van der Waals surface area contributed by atoms with Crippen molar-refractivity contribution in [2.75, 3.05) is 13.2 Å². The Hall–Kier alpha value is -3.35. The molecule has 0 aliphatic heterocycles. The minimum atomic E-state index is -0.925. The van der Waals surface area contributed by atoms with Gasteiger partial charge in [-0.15, -0.1) is 0 Å². The fourth-order valence-corrected chi connectivity index (χ4v) is 4.99. The van der Waals surface area contributed by atoms with Crippen LogP contribution >= 0.6 is 0 Å². The predicted octanol–water partition coefficient (Wildman–Crippen LogP) is 3.92. The maximum atomic E-state index is 12.3. The number of hydrogen-bond acceptors (Lipinski definition) is 4. The Bertz CT molecular complexity index is 985. The standard InChI is InChI=1S/C26H30N2O5/c1-16(10-25(30)31)28-24(29)13-17-11-18(12-17)14-27-26(32)33-15-23-21-8-4-2-6-19(21)20-7-3-5-9-22(20)23/h2-9,16-18,23H,10-15H2,1H3,(H,27,32)(H,28,29)(H,30,31)/t16-,17?,18?/m0/s1. The number of ether oxygens (including phenoxy) is 1. The largest absolute Gasteiger partial charge is 0.481 e. The Morgan fingerprint density at radius 3 is 2.21 bits per heavy atom. The van der Waals surface area contributed by atoms with Gasteiger partial charge in [-0.1, -0.05) is 48.5 Å². The molecule has 0 bridgehead atoms. The molecule has 33 heavy (non-hydrogen) atoms. The van der Waals surface area contributed by atoms with Gasteiger partial charge in [-0.05, 0) is 53.9 Å². The third-order valence-corrected chi connectivity index (χ3v) is 6.57. The van der Waals surface area contributed by atoms with Crippen LogP contribution in [0.3, 0.4) is 0 Å². The average Bonchev–Trinajstić information content (AvgIpc) is 3.07. The van der Waals surface area contributed by atoms with Crippen LogP contribution in [0.5, 0.6) is 0 Å². The van der Waals surface area contributed by atoms with Crippen molar-refractivity contribution in [1.29, 1.82) is 0 Å². The molecule has 7 heteroatoms. The number of carbonyl (C=O) groups excluding carboxylic acids is 2. The fraction of sp³-hybridized carbons (Fsp3) is 0.423. The molecule has 0 radical (unpaired) electrons. The molecule has 2 aromatic carbocycles. The smallest absolute Gasteiger partial charge is 0.407 e. The summed E-state index contributed by atoms with van der Waals surface area (Å²) in [7, 11) is 0. The Balaban J connectivity index is 1.17. The van der Waals surface area contributed by atoms with Gasteiger partial charge in [0.2, 0.25) is 5.91 Å². The zero-order valence-corrected chi connectivity index (χ0v) is 18.8. The van der Waals surface area contributed by atoms with Crippen molar-refractivity contribution in [2.45, 2.75) is 44.6 Å². The van der Waals surface area contributed by atoms with E-state index in [0.29, 0.717) is 25.5 Å². The van der Waals surface area contributed by atoms with Crippen molar-refractivity contribution in [3.8, 4) is 11.1 Å². The van der Waals surface area contributed by atoms with Gasteiger partial charge in [0.15, 0.2) is 0 Å². The second-order valence-electron chi connectivity index (χ2n) is 9.18. The summed E-state index contributed by atoms with van der Waals surface area (Å²) >= 11 is 0. The second kappa shape index (κ2) is 10.1.